The van der Waals surface area contributed by atoms with E-state index in [0.29, 0.717) is 11.7 Å². The minimum absolute atomic E-state index is 0.00284. The van der Waals surface area contributed by atoms with Crippen LogP contribution in [0.1, 0.15) is 60.6 Å². The summed E-state index contributed by atoms with van der Waals surface area (Å²) < 4.78 is 1.89. The number of aryl methyl sites for hydroxylation is 2. The summed E-state index contributed by atoms with van der Waals surface area (Å²) in [5.41, 5.74) is 2.50. The van der Waals surface area contributed by atoms with Gasteiger partial charge in [-0.05, 0) is 50.7 Å². The van der Waals surface area contributed by atoms with Crippen LogP contribution < -0.4 is 10.9 Å². The van der Waals surface area contributed by atoms with Crippen molar-refractivity contribution in [3.05, 3.63) is 56.7 Å². The number of hydrogen-bond donors (Lipinski definition) is 1. The molecule has 0 radical (unpaired) electrons. The lowest BCUT2D eigenvalue weighted by Crippen LogP contribution is -2.33. The van der Waals surface area contributed by atoms with Crippen LogP contribution in [0.5, 0.6) is 0 Å². The summed E-state index contributed by atoms with van der Waals surface area (Å²) in [4.78, 5) is 33.0. The number of amides is 1. The molecule has 1 N–H and O–H groups in total. The number of carbonyl (C=O) groups is 1. The largest absolute Gasteiger partial charge is 0.354 e. The van der Waals surface area contributed by atoms with Crippen molar-refractivity contribution in [3.8, 4) is 0 Å². The van der Waals surface area contributed by atoms with E-state index < -0.39 is 0 Å². The SMILES string of the molecule is Cc1sc2nc(SCC(=O)NCC3(c4ccccc4)CC3)n(C3CCCC3)c(=O)c2c1C. The molecule has 3 aromatic rings. The van der Waals surface area contributed by atoms with Crippen LogP contribution in [0.15, 0.2) is 40.3 Å². The van der Waals surface area contributed by atoms with Gasteiger partial charge in [-0.2, -0.15) is 0 Å². The van der Waals surface area contributed by atoms with E-state index >= 15 is 0 Å². The van der Waals surface area contributed by atoms with Gasteiger partial charge in [-0.25, -0.2) is 4.98 Å². The van der Waals surface area contributed by atoms with E-state index in [2.05, 4.69) is 29.6 Å². The Morgan fingerprint density at radius 3 is 2.62 bits per heavy atom. The second-order valence-corrected chi connectivity index (χ2v) is 11.3. The minimum Gasteiger partial charge on any atom is -0.354 e. The second-order valence-electron chi connectivity index (χ2n) is 9.18. The number of nitrogens with zero attached hydrogens (tertiary/aromatic N) is 2. The van der Waals surface area contributed by atoms with Gasteiger partial charge in [0.1, 0.15) is 4.83 Å². The molecule has 1 amide bonds. The van der Waals surface area contributed by atoms with Gasteiger partial charge in [0.05, 0.1) is 11.1 Å². The summed E-state index contributed by atoms with van der Waals surface area (Å²) in [6.07, 6.45) is 6.52. The highest BCUT2D eigenvalue weighted by atomic mass is 32.2. The van der Waals surface area contributed by atoms with E-state index in [9.17, 15) is 9.59 Å². The average Bonchev–Trinajstić information content (AvgIpc) is 3.29. The first-order chi connectivity index (χ1) is 15.5. The van der Waals surface area contributed by atoms with Crippen molar-refractivity contribution in [3.63, 3.8) is 0 Å². The molecule has 1 aromatic carbocycles. The maximum absolute atomic E-state index is 13.5. The van der Waals surface area contributed by atoms with E-state index in [4.69, 9.17) is 4.98 Å². The zero-order chi connectivity index (χ0) is 22.3. The van der Waals surface area contributed by atoms with Crippen molar-refractivity contribution < 1.29 is 4.79 Å². The number of carbonyl (C=O) groups excluding carboxylic acids is 1. The number of fused-ring (bicyclic) bond motifs is 1. The summed E-state index contributed by atoms with van der Waals surface area (Å²) >= 11 is 2.97. The molecule has 0 atom stereocenters. The molecule has 2 fully saturated rings. The molecule has 2 aromatic heterocycles. The summed E-state index contributed by atoms with van der Waals surface area (Å²) in [6, 6.07) is 10.6. The van der Waals surface area contributed by atoms with Crippen LogP contribution in [-0.4, -0.2) is 27.8 Å². The molecule has 7 heteroatoms. The molecule has 168 valence electrons. The van der Waals surface area contributed by atoms with E-state index in [1.165, 1.54) is 17.3 Å². The first-order valence-electron chi connectivity index (χ1n) is 11.5. The number of nitrogens with one attached hydrogen (secondary N) is 1. The maximum atomic E-state index is 13.5. The third kappa shape index (κ3) is 4.01. The van der Waals surface area contributed by atoms with Gasteiger partial charge in [0.2, 0.25) is 5.91 Å². The highest BCUT2D eigenvalue weighted by molar-refractivity contribution is 7.99. The predicted octanol–water partition coefficient (Wildman–Crippen LogP) is 5.13. The van der Waals surface area contributed by atoms with E-state index in [0.717, 1.165) is 59.2 Å². The Balaban J connectivity index is 1.33. The summed E-state index contributed by atoms with van der Waals surface area (Å²) in [5, 5.41) is 4.58. The molecule has 0 bridgehead atoms. The topological polar surface area (TPSA) is 64.0 Å². The van der Waals surface area contributed by atoms with Crippen LogP contribution >= 0.6 is 23.1 Å². The van der Waals surface area contributed by atoms with Crippen LogP contribution in [0.2, 0.25) is 0 Å². The van der Waals surface area contributed by atoms with Crippen LogP contribution in [0.4, 0.5) is 0 Å². The number of benzene rings is 1. The zero-order valence-corrected chi connectivity index (χ0v) is 20.3. The quantitative estimate of drug-likeness (QED) is 0.386. The Morgan fingerprint density at radius 1 is 1.22 bits per heavy atom. The minimum atomic E-state index is 0.00284. The zero-order valence-electron chi connectivity index (χ0n) is 18.6. The van der Waals surface area contributed by atoms with Crippen molar-refractivity contribution in [2.75, 3.05) is 12.3 Å². The number of thiophene rings is 1. The van der Waals surface area contributed by atoms with Gasteiger partial charge in [0, 0.05) is 22.9 Å². The van der Waals surface area contributed by atoms with Gasteiger partial charge in [-0.1, -0.05) is 54.9 Å². The molecule has 32 heavy (non-hydrogen) atoms. The van der Waals surface area contributed by atoms with Crippen LogP contribution in [0.25, 0.3) is 10.2 Å². The molecule has 0 saturated heterocycles. The fourth-order valence-electron chi connectivity index (χ4n) is 4.83. The lowest BCUT2D eigenvalue weighted by Gasteiger charge is -2.19. The Kier molecular flexibility index (Phi) is 5.88. The summed E-state index contributed by atoms with van der Waals surface area (Å²) in [6.45, 7) is 4.72. The second kappa shape index (κ2) is 8.67. The lowest BCUT2D eigenvalue weighted by molar-refractivity contribution is -0.118. The first kappa shape index (κ1) is 21.7. The third-order valence-electron chi connectivity index (χ3n) is 7.09. The van der Waals surface area contributed by atoms with E-state index in [-0.39, 0.29) is 28.7 Å². The van der Waals surface area contributed by atoms with E-state index in [1.54, 1.807) is 11.3 Å². The molecule has 2 saturated carbocycles. The molecular weight excluding hydrogens is 438 g/mol. The van der Waals surface area contributed by atoms with Gasteiger partial charge in [0.15, 0.2) is 5.16 Å². The Labute approximate surface area is 196 Å². The molecule has 5 nitrogen and oxygen atoms in total. The van der Waals surface area contributed by atoms with Crippen molar-refractivity contribution >= 4 is 39.2 Å². The summed E-state index contributed by atoms with van der Waals surface area (Å²) in [7, 11) is 0. The highest BCUT2D eigenvalue weighted by Crippen LogP contribution is 2.47. The molecule has 2 heterocycles. The van der Waals surface area contributed by atoms with Crippen molar-refractivity contribution in [1.82, 2.24) is 14.9 Å². The monoisotopic (exact) mass is 467 g/mol. The molecule has 2 aliphatic rings. The molecular formula is C25H29N3O2S2. The highest BCUT2D eigenvalue weighted by Gasteiger charge is 2.44. The number of aromatic nitrogens is 2. The standard InChI is InChI=1S/C25H29N3O2S2/c1-16-17(2)32-22-21(16)23(30)28(19-10-6-7-11-19)24(27-22)31-14-20(29)26-15-25(12-13-25)18-8-4-3-5-9-18/h3-5,8-9,19H,6-7,10-15H2,1-2H3,(H,26,29). The fourth-order valence-corrected chi connectivity index (χ4v) is 6.80. The van der Waals surface area contributed by atoms with Gasteiger partial charge in [-0.3, -0.25) is 14.2 Å². The smallest absolute Gasteiger partial charge is 0.263 e. The molecule has 0 aliphatic heterocycles. The number of thioether (sulfide) groups is 1. The van der Waals surface area contributed by atoms with Crippen LogP contribution in [-0.2, 0) is 10.2 Å². The molecule has 0 unspecified atom stereocenters. The van der Waals surface area contributed by atoms with Crippen LogP contribution in [0, 0.1) is 13.8 Å². The van der Waals surface area contributed by atoms with Gasteiger partial charge in [-0.15, -0.1) is 11.3 Å². The Hall–Kier alpha value is -2.12. The molecule has 2 aliphatic carbocycles. The lowest BCUT2D eigenvalue weighted by atomic mass is 9.96. The van der Waals surface area contributed by atoms with Gasteiger partial charge >= 0.3 is 0 Å². The fraction of sp³-hybridized carbons (Fsp3) is 0.480. The Morgan fingerprint density at radius 2 is 1.94 bits per heavy atom. The van der Waals surface area contributed by atoms with Gasteiger partial charge in [0.25, 0.3) is 5.56 Å². The third-order valence-corrected chi connectivity index (χ3v) is 9.14. The number of hydrogen-bond acceptors (Lipinski definition) is 5. The van der Waals surface area contributed by atoms with Crippen LogP contribution in [0.3, 0.4) is 0 Å². The van der Waals surface area contributed by atoms with Crippen molar-refractivity contribution in [2.24, 2.45) is 0 Å². The van der Waals surface area contributed by atoms with Crippen molar-refractivity contribution in [2.45, 2.75) is 69.0 Å². The average molecular weight is 468 g/mol. The van der Waals surface area contributed by atoms with Gasteiger partial charge < -0.3 is 5.32 Å². The normalized spacial score (nSPS) is 17.7. The predicted molar refractivity (Wildman–Crippen MR) is 132 cm³/mol. The van der Waals surface area contributed by atoms with E-state index in [1.807, 2.05) is 24.5 Å². The molecule has 0 spiro atoms. The Bertz CT molecular complexity index is 1210. The number of rotatable bonds is 7. The maximum Gasteiger partial charge on any atom is 0.263 e. The van der Waals surface area contributed by atoms with Crippen molar-refractivity contribution in [1.29, 1.82) is 0 Å². The molecule has 5 rings (SSSR count). The summed E-state index contributed by atoms with van der Waals surface area (Å²) in [5.74, 6) is 0.280. The first-order valence-corrected chi connectivity index (χ1v) is 13.3.